The molecule has 0 aromatic carbocycles. The minimum Gasteiger partial charge on any atom is -0.469 e. The van der Waals surface area contributed by atoms with Crippen LogP contribution in [-0.4, -0.2) is 26.2 Å². The number of esters is 1. The number of methoxy groups -OCH3 is 1. The summed E-state index contributed by atoms with van der Waals surface area (Å²) in [6.45, 7) is 6.05. The third-order valence-electron chi connectivity index (χ3n) is 3.19. The summed E-state index contributed by atoms with van der Waals surface area (Å²) < 4.78 is 4.89. The van der Waals surface area contributed by atoms with Crippen molar-refractivity contribution in [2.45, 2.75) is 26.7 Å². The Labute approximate surface area is 92.0 Å². The molecule has 4 heteroatoms. The van der Waals surface area contributed by atoms with Crippen molar-refractivity contribution in [3.63, 3.8) is 0 Å². The van der Waals surface area contributed by atoms with E-state index in [0.29, 0.717) is 5.92 Å². The largest absolute Gasteiger partial charge is 0.469 e. The van der Waals surface area contributed by atoms with Crippen LogP contribution < -0.4 is 5.32 Å². The van der Waals surface area contributed by atoms with E-state index in [2.05, 4.69) is 19.2 Å². The first-order valence-corrected chi connectivity index (χ1v) is 4.92. The predicted molar refractivity (Wildman–Crippen MR) is 58.6 cm³/mol. The SMILES string of the molecule is COC(=O)C1(C(C)C)CCNCC1.Cl. The molecule has 0 radical (unpaired) electrons. The second kappa shape index (κ2) is 5.56. The van der Waals surface area contributed by atoms with Crippen molar-refractivity contribution < 1.29 is 9.53 Å². The Morgan fingerprint density at radius 2 is 1.86 bits per heavy atom. The third-order valence-corrected chi connectivity index (χ3v) is 3.19. The Hall–Kier alpha value is -0.280. The molecule has 1 fully saturated rings. The van der Waals surface area contributed by atoms with Gasteiger partial charge in [0.15, 0.2) is 0 Å². The second-order valence-corrected chi connectivity index (χ2v) is 4.05. The number of piperidine rings is 1. The Morgan fingerprint density at radius 1 is 1.36 bits per heavy atom. The van der Waals surface area contributed by atoms with Crippen LogP contribution in [0.3, 0.4) is 0 Å². The van der Waals surface area contributed by atoms with Crippen molar-refractivity contribution >= 4 is 18.4 Å². The number of ether oxygens (including phenoxy) is 1. The Bertz CT molecular complexity index is 189. The van der Waals surface area contributed by atoms with Crippen LogP contribution >= 0.6 is 12.4 Å². The van der Waals surface area contributed by atoms with Crippen LogP contribution in [0.25, 0.3) is 0 Å². The van der Waals surface area contributed by atoms with Gasteiger partial charge in [0.2, 0.25) is 0 Å². The maximum Gasteiger partial charge on any atom is 0.312 e. The highest BCUT2D eigenvalue weighted by Gasteiger charge is 2.43. The van der Waals surface area contributed by atoms with Crippen LogP contribution in [0.2, 0.25) is 0 Å². The van der Waals surface area contributed by atoms with Gasteiger partial charge in [-0.1, -0.05) is 13.8 Å². The molecule has 1 N–H and O–H groups in total. The molecule has 0 aromatic heterocycles. The van der Waals surface area contributed by atoms with E-state index in [1.54, 1.807) is 0 Å². The average Bonchev–Trinajstić information content (AvgIpc) is 2.17. The van der Waals surface area contributed by atoms with Crippen LogP contribution in [0, 0.1) is 11.3 Å². The zero-order valence-corrected chi connectivity index (χ0v) is 9.95. The fraction of sp³-hybridized carbons (Fsp3) is 0.900. The standard InChI is InChI=1S/C10H19NO2.ClH/c1-8(2)10(9(12)13-3)4-6-11-7-5-10;/h8,11H,4-7H2,1-3H3;1H. The highest BCUT2D eigenvalue weighted by Crippen LogP contribution is 2.37. The summed E-state index contributed by atoms with van der Waals surface area (Å²) in [6.07, 6.45) is 1.80. The van der Waals surface area contributed by atoms with Gasteiger partial charge in [-0.2, -0.15) is 0 Å². The maximum absolute atomic E-state index is 11.7. The molecule has 0 spiro atoms. The van der Waals surface area contributed by atoms with Gasteiger partial charge >= 0.3 is 5.97 Å². The zero-order valence-electron chi connectivity index (χ0n) is 9.13. The number of rotatable bonds is 2. The molecule has 1 heterocycles. The van der Waals surface area contributed by atoms with E-state index >= 15 is 0 Å². The van der Waals surface area contributed by atoms with Crippen LogP contribution in [-0.2, 0) is 9.53 Å². The maximum atomic E-state index is 11.7. The average molecular weight is 222 g/mol. The second-order valence-electron chi connectivity index (χ2n) is 4.05. The Morgan fingerprint density at radius 3 is 2.21 bits per heavy atom. The summed E-state index contributed by atoms with van der Waals surface area (Å²) in [6, 6.07) is 0. The lowest BCUT2D eigenvalue weighted by Crippen LogP contribution is -2.46. The molecule has 0 unspecified atom stereocenters. The summed E-state index contributed by atoms with van der Waals surface area (Å²) in [5.74, 6) is 0.325. The quantitative estimate of drug-likeness (QED) is 0.720. The van der Waals surface area contributed by atoms with Crippen LogP contribution in [0.5, 0.6) is 0 Å². The van der Waals surface area contributed by atoms with Crippen LogP contribution in [0.1, 0.15) is 26.7 Å². The van der Waals surface area contributed by atoms with Gasteiger partial charge in [-0.15, -0.1) is 12.4 Å². The highest BCUT2D eigenvalue weighted by molar-refractivity contribution is 5.85. The van der Waals surface area contributed by atoms with E-state index in [4.69, 9.17) is 4.74 Å². The lowest BCUT2D eigenvalue weighted by Gasteiger charge is -2.38. The van der Waals surface area contributed by atoms with Gasteiger partial charge in [-0.05, 0) is 31.8 Å². The fourth-order valence-electron chi connectivity index (χ4n) is 2.09. The van der Waals surface area contributed by atoms with Gasteiger partial charge in [-0.3, -0.25) is 4.79 Å². The summed E-state index contributed by atoms with van der Waals surface area (Å²) >= 11 is 0. The van der Waals surface area contributed by atoms with Crippen molar-refractivity contribution in [1.82, 2.24) is 5.32 Å². The molecular formula is C10H20ClNO2. The van der Waals surface area contributed by atoms with Gasteiger partial charge in [-0.25, -0.2) is 0 Å². The molecule has 0 atom stereocenters. The Kier molecular flexibility index (Phi) is 5.45. The van der Waals surface area contributed by atoms with E-state index in [1.165, 1.54) is 7.11 Å². The molecule has 1 saturated heterocycles. The molecule has 1 aliphatic rings. The molecule has 0 bridgehead atoms. The summed E-state index contributed by atoms with van der Waals surface area (Å²) in [5.41, 5.74) is -0.236. The zero-order chi connectivity index (χ0) is 9.90. The topological polar surface area (TPSA) is 38.3 Å². The van der Waals surface area contributed by atoms with E-state index in [-0.39, 0.29) is 23.8 Å². The fourth-order valence-corrected chi connectivity index (χ4v) is 2.09. The lowest BCUT2D eigenvalue weighted by molar-refractivity contribution is -0.157. The van der Waals surface area contributed by atoms with E-state index in [9.17, 15) is 4.79 Å². The minimum absolute atomic E-state index is 0. The van der Waals surface area contributed by atoms with Crippen molar-refractivity contribution in [2.75, 3.05) is 20.2 Å². The van der Waals surface area contributed by atoms with E-state index < -0.39 is 0 Å². The number of halogens is 1. The van der Waals surface area contributed by atoms with E-state index in [0.717, 1.165) is 25.9 Å². The van der Waals surface area contributed by atoms with Gasteiger partial charge in [0.05, 0.1) is 12.5 Å². The molecule has 0 saturated carbocycles. The highest BCUT2D eigenvalue weighted by atomic mass is 35.5. The molecule has 3 nitrogen and oxygen atoms in total. The molecule has 0 amide bonds. The van der Waals surface area contributed by atoms with Crippen molar-refractivity contribution in [3.05, 3.63) is 0 Å². The lowest BCUT2D eigenvalue weighted by atomic mass is 9.70. The number of carbonyl (C=O) groups is 1. The molecule has 1 aliphatic heterocycles. The number of hydrogen-bond acceptors (Lipinski definition) is 3. The van der Waals surface area contributed by atoms with Crippen molar-refractivity contribution in [1.29, 1.82) is 0 Å². The molecule has 14 heavy (non-hydrogen) atoms. The third kappa shape index (κ3) is 2.39. The van der Waals surface area contributed by atoms with Crippen molar-refractivity contribution in [2.24, 2.45) is 11.3 Å². The smallest absolute Gasteiger partial charge is 0.312 e. The number of carbonyl (C=O) groups excluding carboxylic acids is 1. The molecule has 1 rings (SSSR count). The molecule has 0 aliphatic carbocycles. The summed E-state index contributed by atoms with van der Waals surface area (Å²) in [5, 5.41) is 3.27. The summed E-state index contributed by atoms with van der Waals surface area (Å²) in [4.78, 5) is 11.7. The normalized spacial score (nSPS) is 20.0. The first kappa shape index (κ1) is 13.7. The van der Waals surface area contributed by atoms with E-state index in [1.807, 2.05) is 0 Å². The van der Waals surface area contributed by atoms with Crippen LogP contribution in [0.15, 0.2) is 0 Å². The monoisotopic (exact) mass is 221 g/mol. The van der Waals surface area contributed by atoms with Gasteiger partial charge in [0.25, 0.3) is 0 Å². The summed E-state index contributed by atoms with van der Waals surface area (Å²) in [7, 11) is 1.48. The number of nitrogens with one attached hydrogen (secondary N) is 1. The molecule has 0 aromatic rings. The van der Waals surface area contributed by atoms with Gasteiger partial charge in [0.1, 0.15) is 0 Å². The van der Waals surface area contributed by atoms with Crippen LogP contribution in [0.4, 0.5) is 0 Å². The molecular weight excluding hydrogens is 202 g/mol. The van der Waals surface area contributed by atoms with Gasteiger partial charge < -0.3 is 10.1 Å². The van der Waals surface area contributed by atoms with Gasteiger partial charge in [0, 0.05) is 0 Å². The molecule has 84 valence electrons. The number of hydrogen-bond donors (Lipinski definition) is 1. The minimum atomic E-state index is -0.236. The predicted octanol–water partition coefficient (Wildman–Crippen LogP) is 1.61. The van der Waals surface area contributed by atoms with Crippen molar-refractivity contribution in [3.8, 4) is 0 Å². The first-order valence-electron chi connectivity index (χ1n) is 4.92. The first-order chi connectivity index (χ1) is 6.13. The Balaban J connectivity index is 0.00000169.